The SMILES string of the molecule is CC#CCn1c(N2CCCC(N)C2)nc2c1c(=O)n(Cc1cc(OC)c3c(n1)CCC=C3)c(=O)n2CC(=O)OC. The van der Waals surface area contributed by atoms with Crippen molar-refractivity contribution in [2.45, 2.75) is 58.3 Å². The number of carbonyl (C=O) groups excluding carboxylic acids is 1. The molecule has 1 fully saturated rings. The molecule has 0 spiro atoms. The van der Waals surface area contributed by atoms with E-state index in [2.05, 4.69) is 17.9 Å². The predicted octanol–water partition coefficient (Wildman–Crippen LogP) is 0.895. The first-order valence-electron chi connectivity index (χ1n) is 13.3. The van der Waals surface area contributed by atoms with Gasteiger partial charge in [-0.3, -0.25) is 28.3 Å². The minimum Gasteiger partial charge on any atom is -0.496 e. The fraction of sp³-hybridized carbons (Fsp3) is 0.464. The number of piperidine rings is 1. The molecule has 1 aliphatic carbocycles. The Morgan fingerprint density at radius 2 is 2.02 bits per heavy atom. The van der Waals surface area contributed by atoms with Crippen molar-refractivity contribution >= 4 is 29.2 Å². The van der Waals surface area contributed by atoms with Crippen LogP contribution in [-0.2, 0) is 35.6 Å². The predicted molar refractivity (Wildman–Crippen MR) is 150 cm³/mol. The Balaban J connectivity index is 1.73. The zero-order valence-electron chi connectivity index (χ0n) is 23.0. The second-order valence-electron chi connectivity index (χ2n) is 9.90. The Bertz CT molecular complexity index is 1670. The van der Waals surface area contributed by atoms with Crippen LogP contribution in [0.25, 0.3) is 17.2 Å². The number of anilines is 1. The monoisotopic (exact) mass is 547 g/mol. The van der Waals surface area contributed by atoms with Gasteiger partial charge >= 0.3 is 11.7 Å². The molecule has 3 aromatic rings. The molecule has 40 heavy (non-hydrogen) atoms. The highest BCUT2D eigenvalue weighted by Crippen LogP contribution is 2.28. The standard InChI is InChI=1S/C28H33N7O5/c1-4-5-13-33-24-25(31-27(33)32-12-8-9-18(29)15-32)34(17-23(36)40-3)28(38)35(26(24)37)16-19-14-22(39-2)20-10-6-7-11-21(20)30-19/h6,10,14,18H,7-9,11-13,15-17,29H2,1-3H3. The molecule has 0 aromatic carbocycles. The van der Waals surface area contributed by atoms with E-state index in [1.807, 2.05) is 11.0 Å². The average molecular weight is 548 g/mol. The van der Waals surface area contributed by atoms with E-state index in [-0.39, 0.29) is 30.3 Å². The summed E-state index contributed by atoms with van der Waals surface area (Å²) in [4.78, 5) is 51.7. The lowest BCUT2D eigenvalue weighted by Gasteiger charge is -2.31. The quantitative estimate of drug-likeness (QED) is 0.337. The number of imidazole rings is 1. The summed E-state index contributed by atoms with van der Waals surface area (Å²) in [5.41, 5.74) is 7.52. The van der Waals surface area contributed by atoms with E-state index in [0.29, 0.717) is 30.5 Å². The molecule has 0 radical (unpaired) electrons. The number of nitrogens with two attached hydrogens (primary N) is 1. The first kappa shape index (κ1) is 27.2. The number of rotatable bonds is 7. The van der Waals surface area contributed by atoms with Gasteiger partial charge in [0.15, 0.2) is 11.2 Å². The molecule has 4 heterocycles. The van der Waals surface area contributed by atoms with E-state index in [0.717, 1.165) is 41.5 Å². The number of aryl methyl sites for hydroxylation is 1. The van der Waals surface area contributed by atoms with Crippen LogP contribution in [0.1, 0.15) is 43.1 Å². The zero-order valence-corrected chi connectivity index (χ0v) is 23.0. The van der Waals surface area contributed by atoms with Gasteiger partial charge in [-0.05, 0) is 32.6 Å². The fourth-order valence-electron chi connectivity index (χ4n) is 5.33. The smallest absolute Gasteiger partial charge is 0.333 e. The number of allylic oxidation sites excluding steroid dienone is 1. The maximum Gasteiger partial charge on any atom is 0.333 e. The van der Waals surface area contributed by atoms with E-state index in [4.69, 9.17) is 25.2 Å². The normalized spacial score (nSPS) is 16.4. The maximum atomic E-state index is 14.1. The zero-order chi connectivity index (χ0) is 28.4. The first-order chi connectivity index (χ1) is 19.4. The maximum absolute atomic E-state index is 14.1. The third-order valence-electron chi connectivity index (χ3n) is 7.29. The number of esters is 1. The molecule has 0 bridgehead atoms. The summed E-state index contributed by atoms with van der Waals surface area (Å²) >= 11 is 0. The summed E-state index contributed by atoms with van der Waals surface area (Å²) in [5.74, 6) is 6.35. The van der Waals surface area contributed by atoms with E-state index in [9.17, 15) is 14.4 Å². The van der Waals surface area contributed by atoms with Crippen molar-refractivity contribution in [1.29, 1.82) is 0 Å². The van der Waals surface area contributed by atoms with Crippen LogP contribution in [0.4, 0.5) is 5.95 Å². The van der Waals surface area contributed by atoms with Crippen LogP contribution in [0.2, 0.25) is 0 Å². The molecule has 0 saturated carbocycles. The molecule has 1 saturated heterocycles. The molecule has 0 amide bonds. The van der Waals surface area contributed by atoms with Crippen LogP contribution in [-0.4, -0.2) is 63.0 Å². The number of ether oxygens (including phenoxy) is 2. The van der Waals surface area contributed by atoms with E-state index < -0.39 is 23.8 Å². The van der Waals surface area contributed by atoms with Crippen LogP contribution in [0.3, 0.4) is 0 Å². The largest absolute Gasteiger partial charge is 0.496 e. The Kier molecular flexibility index (Phi) is 7.75. The number of hydrogen-bond donors (Lipinski definition) is 1. The van der Waals surface area contributed by atoms with E-state index in [1.54, 1.807) is 24.7 Å². The molecule has 1 atom stereocenters. The van der Waals surface area contributed by atoms with Crippen molar-refractivity contribution in [1.82, 2.24) is 23.7 Å². The molecule has 1 aliphatic heterocycles. The van der Waals surface area contributed by atoms with Crippen molar-refractivity contribution in [2.75, 3.05) is 32.2 Å². The van der Waals surface area contributed by atoms with Gasteiger partial charge in [-0.15, -0.1) is 5.92 Å². The van der Waals surface area contributed by atoms with E-state index >= 15 is 0 Å². The molecule has 12 heteroatoms. The minimum atomic E-state index is -0.686. The second-order valence-corrected chi connectivity index (χ2v) is 9.90. The van der Waals surface area contributed by atoms with Crippen LogP contribution >= 0.6 is 0 Å². The highest BCUT2D eigenvalue weighted by Gasteiger charge is 2.28. The molecule has 3 aromatic heterocycles. The van der Waals surface area contributed by atoms with Crippen molar-refractivity contribution in [3.05, 3.63) is 49.9 Å². The minimum absolute atomic E-state index is 0.0481. The summed E-state index contributed by atoms with van der Waals surface area (Å²) in [6.45, 7) is 2.61. The van der Waals surface area contributed by atoms with Crippen LogP contribution in [0, 0.1) is 11.8 Å². The van der Waals surface area contributed by atoms with Gasteiger partial charge < -0.3 is 20.1 Å². The Morgan fingerprint density at radius 3 is 2.75 bits per heavy atom. The summed E-state index contributed by atoms with van der Waals surface area (Å²) in [6.07, 6.45) is 7.34. The van der Waals surface area contributed by atoms with Gasteiger partial charge in [0.1, 0.15) is 12.3 Å². The number of methoxy groups -OCH3 is 2. The molecule has 2 aliphatic rings. The lowest BCUT2D eigenvalue weighted by atomic mass is 10.0. The van der Waals surface area contributed by atoms with Gasteiger partial charge in [0.05, 0.1) is 38.7 Å². The first-order valence-corrected chi connectivity index (χ1v) is 13.3. The van der Waals surface area contributed by atoms with Gasteiger partial charge in [0, 0.05) is 30.8 Å². The topological polar surface area (TPSA) is 140 Å². The van der Waals surface area contributed by atoms with Gasteiger partial charge in [0.25, 0.3) is 5.56 Å². The Morgan fingerprint density at radius 1 is 1.20 bits per heavy atom. The van der Waals surface area contributed by atoms with Crippen LogP contribution in [0.15, 0.2) is 21.7 Å². The Labute approximate surface area is 231 Å². The molecular weight excluding hydrogens is 514 g/mol. The molecule has 2 N–H and O–H groups in total. The van der Waals surface area contributed by atoms with Crippen molar-refractivity contribution < 1.29 is 14.3 Å². The summed E-state index contributed by atoms with van der Waals surface area (Å²) in [7, 11) is 2.82. The van der Waals surface area contributed by atoms with Gasteiger partial charge in [0.2, 0.25) is 5.95 Å². The van der Waals surface area contributed by atoms with Crippen molar-refractivity contribution in [3.63, 3.8) is 0 Å². The second kappa shape index (κ2) is 11.4. The lowest BCUT2D eigenvalue weighted by molar-refractivity contribution is -0.141. The molecule has 210 valence electrons. The fourth-order valence-corrected chi connectivity index (χ4v) is 5.33. The van der Waals surface area contributed by atoms with Gasteiger partial charge in [-0.1, -0.05) is 18.1 Å². The number of pyridine rings is 1. The highest BCUT2D eigenvalue weighted by molar-refractivity contribution is 5.77. The summed E-state index contributed by atoms with van der Waals surface area (Å²) in [5, 5.41) is 0. The number of nitrogens with zero attached hydrogens (tertiary/aromatic N) is 6. The summed E-state index contributed by atoms with van der Waals surface area (Å²) in [6, 6.07) is 1.68. The van der Waals surface area contributed by atoms with Crippen molar-refractivity contribution in [3.8, 4) is 17.6 Å². The van der Waals surface area contributed by atoms with Crippen LogP contribution < -0.4 is 26.6 Å². The van der Waals surface area contributed by atoms with Crippen molar-refractivity contribution in [2.24, 2.45) is 5.73 Å². The number of aromatic nitrogens is 5. The van der Waals surface area contributed by atoms with Crippen LogP contribution in [0.5, 0.6) is 5.75 Å². The van der Waals surface area contributed by atoms with E-state index in [1.165, 1.54) is 11.7 Å². The molecular formula is C28H33N7O5. The third kappa shape index (κ3) is 5.00. The lowest BCUT2D eigenvalue weighted by Crippen LogP contribution is -2.44. The van der Waals surface area contributed by atoms with Gasteiger partial charge in [-0.2, -0.15) is 4.98 Å². The average Bonchev–Trinajstić information content (AvgIpc) is 3.35. The number of fused-ring (bicyclic) bond motifs is 2. The third-order valence-corrected chi connectivity index (χ3v) is 7.29. The highest BCUT2D eigenvalue weighted by atomic mass is 16.5. The number of carbonyl (C=O) groups is 1. The molecule has 1 unspecified atom stereocenters. The summed E-state index contributed by atoms with van der Waals surface area (Å²) < 4.78 is 14.4. The molecule has 12 nitrogen and oxygen atoms in total. The Hall–Kier alpha value is -4.37. The number of hydrogen-bond acceptors (Lipinski definition) is 9. The van der Waals surface area contributed by atoms with Gasteiger partial charge in [-0.25, -0.2) is 4.79 Å². The molecule has 5 rings (SSSR count).